The van der Waals surface area contributed by atoms with Gasteiger partial charge in [-0.15, -0.1) is 0 Å². The van der Waals surface area contributed by atoms with Crippen molar-refractivity contribution in [3.05, 3.63) is 59.7 Å². The van der Waals surface area contributed by atoms with Gasteiger partial charge in [0.2, 0.25) is 10.0 Å². The van der Waals surface area contributed by atoms with Gasteiger partial charge in [-0.1, -0.05) is 30.3 Å². The quantitative estimate of drug-likeness (QED) is 0.376. The van der Waals surface area contributed by atoms with Crippen molar-refractivity contribution >= 4 is 22.0 Å². The predicted molar refractivity (Wildman–Crippen MR) is 124 cm³/mol. The molecule has 0 saturated heterocycles. The zero-order valence-electron chi connectivity index (χ0n) is 19.3. The van der Waals surface area contributed by atoms with Crippen LogP contribution in [0.2, 0.25) is 0 Å². The van der Waals surface area contributed by atoms with Crippen molar-refractivity contribution < 1.29 is 32.6 Å². The van der Waals surface area contributed by atoms with E-state index in [0.29, 0.717) is 23.3 Å². The Hall–Kier alpha value is -2.91. The lowest BCUT2D eigenvalue weighted by Gasteiger charge is -2.25. The molecule has 33 heavy (non-hydrogen) atoms. The second kappa shape index (κ2) is 11.3. The van der Waals surface area contributed by atoms with E-state index in [2.05, 4.69) is 4.72 Å². The van der Waals surface area contributed by atoms with Crippen molar-refractivity contribution in [3.8, 4) is 5.75 Å². The first-order chi connectivity index (χ1) is 15.4. The van der Waals surface area contributed by atoms with Crippen molar-refractivity contribution in [2.75, 3.05) is 6.61 Å². The summed E-state index contributed by atoms with van der Waals surface area (Å²) in [6.45, 7) is 7.10. The topological polar surface area (TPSA) is 119 Å². The molecule has 180 valence electrons. The molecule has 8 nitrogen and oxygen atoms in total. The van der Waals surface area contributed by atoms with Gasteiger partial charge in [-0.25, -0.2) is 8.42 Å². The number of rotatable bonds is 11. The van der Waals surface area contributed by atoms with E-state index in [1.165, 1.54) is 6.07 Å². The third kappa shape index (κ3) is 8.86. The molecule has 0 aliphatic carbocycles. The van der Waals surface area contributed by atoms with Crippen molar-refractivity contribution in [2.45, 2.75) is 63.5 Å². The van der Waals surface area contributed by atoms with Crippen LogP contribution in [-0.4, -0.2) is 43.7 Å². The number of carbonyl (C=O) groups is 2. The van der Waals surface area contributed by atoms with E-state index >= 15 is 0 Å². The predicted octanol–water partition coefficient (Wildman–Crippen LogP) is 3.47. The number of esters is 1. The Kier molecular flexibility index (Phi) is 9.01. The van der Waals surface area contributed by atoms with Crippen LogP contribution in [0.1, 0.15) is 44.7 Å². The first kappa shape index (κ1) is 26.3. The number of carbonyl (C=O) groups excluding carboxylic acids is 1. The summed E-state index contributed by atoms with van der Waals surface area (Å²) >= 11 is 0. The average Bonchev–Trinajstić information content (AvgIpc) is 2.70. The number of sulfonamides is 1. The van der Waals surface area contributed by atoms with Crippen LogP contribution in [0.25, 0.3) is 0 Å². The molecule has 9 heteroatoms. The van der Waals surface area contributed by atoms with Gasteiger partial charge in [0.25, 0.3) is 0 Å². The highest BCUT2D eigenvalue weighted by molar-refractivity contribution is 7.89. The highest BCUT2D eigenvalue weighted by Crippen LogP contribution is 2.19. The molecule has 0 aliphatic heterocycles. The number of hydrogen-bond donors (Lipinski definition) is 2. The third-order valence-electron chi connectivity index (χ3n) is 4.54. The van der Waals surface area contributed by atoms with Gasteiger partial charge in [0.05, 0.1) is 11.5 Å². The number of nitrogens with one attached hydrogen (secondary N) is 1. The fraction of sp³-hybridized carbons (Fsp3) is 0.417. The number of hydrogen-bond acceptors (Lipinski definition) is 6. The molecule has 0 fully saturated rings. The maximum atomic E-state index is 13.0. The molecule has 2 rings (SSSR count). The normalized spacial score (nSPS) is 12.7. The summed E-state index contributed by atoms with van der Waals surface area (Å²) in [6, 6.07) is 12.3. The largest absolute Gasteiger partial charge is 0.494 e. The molecule has 2 N–H and O–H groups in total. The van der Waals surface area contributed by atoms with E-state index in [-0.39, 0.29) is 24.3 Å². The van der Waals surface area contributed by atoms with E-state index in [0.717, 1.165) is 0 Å². The maximum absolute atomic E-state index is 13.0. The molecule has 0 amide bonds. The Labute approximate surface area is 195 Å². The summed E-state index contributed by atoms with van der Waals surface area (Å²) in [6.07, 6.45) is 0.495. The van der Waals surface area contributed by atoms with Crippen molar-refractivity contribution in [1.29, 1.82) is 0 Å². The van der Waals surface area contributed by atoms with Gasteiger partial charge in [0.1, 0.15) is 17.4 Å². The number of benzene rings is 2. The Morgan fingerprint density at radius 1 is 1.06 bits per heavy atom. The molecule has 0 spiro atoms. The molecule has 0 heterocycles. The van der Waals surface area contributed by atoms with E-state index in [1.54, 1.807) is 70.2 Å². The third-order valence-corrected chi connectivity index (χ3v) is 6.17. The molecule has 0 aromatic heterocycles. The molecular weight excluding hydrogens is 446 g/mol. The van der Waals surface area contributed by atoms with Crippen LogP contribution in [0.4, 0.5) is 0 Å². The minimum absolute atomic E-state index is 0.0245. The van der Waals surface area contributed by atoms with E-state index < -0.39 is 33.6 Å². The van der Waals surface area contributed by atoms with Crippen molar-refractivity contribution in [2.24, 2.45) is 0 Å². The summed E-state index contributed by atoms with van der Waals surface area (Å²) in [7, 11) is -3.96. The van der Waals surface area contributed by atoms with Crippen molar-refractivity contribution in [1.82, 2.24) is 4.72 Å². The fourth-order valence-electron chi connectivity index (χ4n) is 3.03. The van der Waals surface area contributed by atoms with Gasteiger partial charge in [0, 0.05) is 6.42 Å². The Bertz CT molecular complexity index is 1060. The van der Waals surface area contributed by atoms with Crippen LogP contribution in [0.3, 0.4) is 0 Å². The minimum atomic E-state index is -3.96. The SMILES string of the molecule is Cc1ccccc1S(=O)(=O)N[C@@H](Cc1ccc(OCCCC(=O)O)cc1)C(=O)OC(C)(C)C. The van der Waals surface area contributed by atoms with Crippen LogP contribution in [0.5, 0.6) is 5.75 Å². The smallest absolute Gasteiger partial charge is 0.325 e. The second-order valence-corrected chi connectivity index (χ2v) is 10.3. The number of ether oxygens (including phenoxy) is 2. The zero-order valence-corrected chi connectivity index (χ0v) is 20.1. The molecule has 0 radical (unpaired) electrons. The summed E-state index contributed by atoms with van der Waals surface area (Å²) in [5.74, 6) is -0.998. The highest BCUT2D eigenvalue weighted by atomic mass is 32.2. The van der Waals surface area contributed by atoms with Gasteiger partial charge < -0.3 is 14.6 Å². The van der Waals surface area contributed by atoms with Crippen LogP contribution in [0.15, 0.2) is 53.4 Å². The monoisotopic (exact) mass is 477 g/mol. The Balaban J connectivity index is 2.17. The average molecular weight is 478 g/mol. The van der Waals surface area contributed by atoms with Crippen LogP contribution in [0, 0.1) is 6.92 Å². The Morgan fingerprint density at radius 3 is 2.27 bits per heavy atom. The summed E-state index contributed by atoms with van der Waals surface area (Å²) in [5.41, 5.74) is 0.491. The molecule has 0 saturated carbocycles. The molecule has 2 aromatic carbocycles. The van der Waals surface area contributed by atoms with E-state index in [1.807, 2.05) is 0 Å². The molecule has 0 bridgehead atoms. The highest BCUT2D eigenvalue weighted by Gasteiger charge is 2.30. The minimum Gasteiger partial charge on any atom is -0.494 e. The molecule has 1 atom stereocenters. The number of aliphatic carboxylic acids is 1. The van der Waals surface area contributed by atoms with Crippen LogP contribution in [-0.2, 0) is 30.8 Å². The summed E-state index contributed by atoms with van der Waals surface area (Å²) < 4.78 is 39.5. The lowest BCUT2D eigenvalue weighted by atomic mass is 10.1. The van der Waals surface area contributed by atoms with Gasteiger partial charge in [-0.2, -0.15) is 4.72 Å². The second-order valence-electron chi connectivity index (χ2n) is 8.67. The van der Waals surface area contributed by atoms with Crippen molar-refractivity contribution in [3.63, 3.8) is 0 Å². The fourth-order valence-corrected chi connectivity index (χ4v) is 4.46. The lowest BCUT2D eigenvalue weighted by molar-refractivity contribution is -0.156. The van der Waals surface area contributed by atoms with Gasteiger partial charge in [0.15, 0.2) is 0 Å². The molecule has 0 unspecified atom stereocenters. The lowest BCUT2D eigenvalue weighted by Crippen LogP contribution is -2.45. The van der Waals surface area contributed by atoms with E-state index in [4.69, 9.17) is 14.6 Å². The number of carboxylic acids is 1. The molecule has 0 aliphatic rings. The van der Waals surface area contributed by atoms with Gasteiger partial charge in [-0.3, -0.25) is 9.59 Å². The zero-order chi connectivity index (χ0) is 24.6. The molecule has 2 aromatic rings. The number of aryl methyl sites for hydroxylation is 1. The first-order valence-electron chi connectivity index (χ1n) is 10.6. The summed E-state index contributed by atoms with van der Waals surface area (Å²) in [5, 5.41) is 8.67. The Morgan fingerprint density at radius 2 is 1.70 bits per heavy atom. The van der Waals surface area contributed by atoms with Crippen LogP contribution < -0.4 is 9.46 Å². The van der Waals surface area contributed by atoms with Crippen LogP contribution >= 0.6 is 0 Å². The van der Waals surface area contributed by atoms with Gasteiger partial charge >= 0.3 is 11.9 Å². The standard InChI is InChI=1S/C24H31NO7S/c1-17-8-5-6-9-21(17)33(29,30)25-20(23(28)32-24(2,3)4)16-18-11-13-19(14-12-18)31-15-7-10-22(26)27/h5-6,8-9,11-14,20,25H,7,10,15-16H2,1-4H3,(H,26,27)/t20-/m0/s1. The first-order valence-corrected chi connectivity index (χ1v) is 12.1. The van der Waals surface area contributed by atoms with Gasteiger partial charge in [-0.05, 0) is 69.9 Å². The van der Waals surface area contributed by atoms with E-state index in [9.17, 15) is 18.0 Å². The molecular formula is C24H31NO7S. The summed E-state index contributed by atoms with van der Waals surface area (Å²) in [4.78, 5) is 23.5. The maximum Gasteiger partial charge on any atom is 0.325 e. The number of carboxylic acid groups (broad SMARTS) is 1.